The van der Waals surface area contributed by atoms with Crippen LogP contribution in [0, 0.1) is 4.91 Å². The summed E-state index contributed by atoms with van der Waals surface area (Å²) in [6.45, 7) is 2.95. The van der Waals surface area contributed by atoms with Gasteiger partial charge in [-0.2, -0.15) is 0 Å². The van der Waals surface area contributed by atoms with Gasteiger partial charge in [0.15, 0.2) is 0 Å². The molecule has 74 valence electrons. The number of hydrogen-bond donors (Lipinski definition) is 1. The molecule has 0 spiro atoms. The molecule has 0 amide bonds. The van der Waals surface area contributed by atoms with Crippen LogP contribution >= 0.6 is 0 Å². The van der Waals surface area contributed by atoms with E-state index in [1.54, 1.807) is 0 Å². The Labute approximate surface area is 75.1 Å². The molecule has 0 aliphatic carbocycles. The van der Waals surface area contributed by atoms with Crippen LogP contribution in [-0.4, -0.2) is 24.0 Å². The minimum absolute atomic E-state index is 0.279. The van der Waals surface area contributed by atoms with Crippen molar-refractivity contribution in [2.24, 2.45) is 5.18 Å². The van der Waals surface area contributed by atoms with Gasteiger partial charge in [0.2, 0.25) is 11.5 Å². The lowest BCUT2D eigenvalue weighted by atomic mass is 10.4. The van der Waals surface area contributed by atoms with Crippen molar-refractivity contribution in [3.05, 3.63) is 16.9 Å². The number of ether oxygens (including phenoxy) is 2. The second-order valence-electron chi connectivity index (χ2n) is 2.60. The third-order valence-electron chi connectivity index (χ3n) is 1.26. The SMILES string of the molecule is COC(C)(C)OC(=O)C(=CO)N=O. The Morgan fingerprint density at radius 1 is 1.54 bits per heavy atom. The Hall–Kier alpha value is -1.43. The summed E-state index contributed by atoms with van der Waals surface area (Å²) in [6, 6.07) is 0. The number of nitrogens with zero attached hydrogens (tertiary/aromatic N) is 1. The average Bonchev–Trinajstić information content (AvgIpc) is 2.06. The monoisotopic (exact) mass is 189 g/mol. The minimum atomic E-state index is -1.16. The van der Waals surface area contributed by atoms with Gasteiger partial charge in [0, 0.05) is 21.0 Å². The van der Waals surface area contributed by atoms with Crippen LogP contribution in [0.3, 0.4) is 0 Å². The van der Waals surface area contributed by atoms with Crippen molar-refractivity contribution < 1.29 is 19.4 Å². The molecule has 0 saturated carbocycles. The first-order chi connectivity index (χ1) is 5.96. The van der Waals surface area contributed by atoms with Gasteiger partial charge in [0.05, 0.1) is 0 Å². The topological polar surface area (TPSA) is 85.2 Å². The summed E-state index contributed by atoms with van der Waals surface area (Å²) >= 11 is 0. The van der Waals surface area contributed by atoms with Crippen LogP contribution in [-0.2, 0) is 14.3 Å². The Kier molecular flexibility index (Phi) is 4.06. The van der Waals surface area contributed by atoms with Crippen molar-refractivity contribution in [2.45, 2.75) is 19.6 Å². The lowest BCUT2D eigenvalue weighted by molar-refractivity contribution is -0.201. The molecule has 0 heterocycles. The molecule has 0 atom stereocenters. The first kappa shape index (κ1) is 11.6. The number of rotatable bonds is 4. The van der Waals surface area contributed by atoms with E-state index >= 15 is 0 Å². The molecule has 0 aliphatic heterocycles. The molecule has 0 unspecified atom stereocenters. The van der Waals surface area contributed by atoms with Crippen LogP contribution in [0.2, 0.25) is 0 Å². The molecular weight excluding hydrogens is 178 g/mol. The Morgan fingerprint density at radius 3 is 2.38 bits per heavy atom. The quantitative estimate of drug-likeness (QED) is 0.235. The maximum absolute atomic E-state index is 11.0. The number of nitroso groups, excluding NO2 is 1. The lowest BCUT2D eigenvalue weighted by Gasteiger charge is -2.22. The van der Waals surface area contributed by atoms with Crippen molar-refractivity contribution in [1.29, 1.82) is 0 Å². The summed E-state index contributed by atoms with van der Waals surface area (Å²) in [7, 11) is 1.34. The Balaban J connectivity index is 4.39. The maximum atomic E-state index is 11.0. The summed E-state index contributed by atoms with van der Waals surface area (Å²) in [5.41, 5.74) is -0.704. The molecule has 0 rings (SSSR count). The van der Waals surface area contributed by atoms with Crippen LogP contribution in [0.25, 0.3) is 0 Å². The van der Waals surface area contributed by atoms with Gasteiger partial charge in [-0.05, 0) is 5.18 Å². The predicted molar refractivity (Wildman–Crippen MR) is 43.7 cm³/mol. The van der Waals surface area contributed by atoms with Crippen LogP contribution in [0.15, 0.2) is 17.1 Å². The second kappa shape index (κ2) is 4.56. The third-order valence-corrected chi connectivity index (χ3v) is 1.26. The lowest BCUT2D eigenvalue weighted by Crippen LogP contribution is -2.30. The van der Waals surface area contributed by atoms with Gasteiger partial charge >= 0.3 is 5.97 Å². The first-order valence-corrected chi connectivity index (χ1v) is 3.43. The molecule has 0 aromatic carbocycles. The summed E-state index contributed by atoms with van der Waals surface area (Å²) in [4.78, 5) is 20.9. The number of esters is 1. The van der Waals surface area contributed by atoms with E-state index in [1.807, 2.05) is 0 Å². The van der Waals surface area contributed by atoms with Gasteiger partial charge in [-0.25, -0.2) is 4.79 Å². The molecule has 0 bridgehead atoms. The highest BCUT2D eigenvalue weighted by Gasteiger charge is 2.24. The van der Waals surface area contributed by atoms with Gasteiger partial charge in [0.1, 0.15) is 6.26 Å². The molecule has 1 N–H and O–H groups in total. The smallest absolute Gasteiger partial charge is 0.366 e. The number of aliphatic hydroxyl groups is 1. The van der Waals surface area contributed by atoms with E-state index in [1.165, 1.54) is 21.0 Å². The van der Waals surface area contributed by atoms with Gasteiger partial charge < -0.3 is 14.6 Å². The van der Waals surface area contributed by atoms with E-state index in [4.69, 9.17) is 9.84 Å². The summed E-state index contributed by atoms with van der Waals surface area (Å²) in [5.74, 6) is -2.19. The molecule has 0 aliphatic rings. The Morgan fingerprint density at radius 2 is 2.08 bits per heavy atom. The van der Waals surface area contributed by atoms with Crippen molar-refractivity contribution in [2.75, 3.05) is 7.11 Å². The molecule has 6 heteroatoms. The van der Waals surface area contributed by atoms with Gasteiger partial charge in [0.25, 0.3) is 0 Å². The number of aliphatic hydroxyl groups excluding tert-OH is 1. The zero-order valence-corrected chi connectivity index (χ0v) is 7.60. The third kappa shape index (κ3) is 3.66. The molecule has 13 heavy (non-hydrogen) atoms. The van der Waals surface area contributed by atoms with E-state index < -0.39 is 17.5 Å². The highest BCUT2D eigenvalue weighted by Crippen LogP contribution is 2.12. The molecule has 6 nitrogen and oxygen atoms in total. The summed E-state index contributed by atoms with van der Waals surface area (Å²) in [5, 5.41) is 10.6. The zero-order chi connectivity index (χ0) is 10.5. The van der Waals surface area contributed by atoms with Crippen molar-refractivity contribution in [3.63, 3.8) is 0 Å². The fraction of sp³-hybridized carbons (Fsp3) is 0.571. The van der Waals surface area contributed by atoms with E-state index in [9.17, 15) is 9.70 Å². The fourth-order valence-corrected chi connectivity index (χ4v) is 0.431. The highest BCUT2D eigenvalue weighted by atomic mass is 16.7. The average molecular weight is 189 g/mol. The first-order valence-electron chi connectivity index (χ1n) is 3.43. The zero-order valence-electron chi connectivity index (χ0n) is 7.60. The Bertz CT molecular complexity index is 233. The van der Waals surface area contributed by atoms with E-state index in [0.29, 0.717) is 0 Å². The van der Waals surface area contributed by atoms with E-state index in [0.717, 1.165) is 0 Å². The van der Waals surface area contributed by atoms with Crippen LogP contribution in [0.5, 0.6) is 0 Å². The van der Waals surface area contributed by atoms with Crippen molar-refractivity contribution in [1.82, 2.24) is 0 Å². The molecule has 0 radical (unpaired) electrons. The number of carbonyl (C=O) groups is 1. The predicted octanol–water partition coefficient (Wildman–Crippen LogP) is 1.08. The van der Waals surface area contributed by atoms with Crippen molar-refractivity contribution in [3.8, 4) is 0 Å². The molecular formula is C7H11NO5. The molecule has 0 fully saturated rings. The van der Waals surface area contributed by atoms with Crippen LogP contribution < -0.4 is 0 Å². The number of carbonyl (C=O) groups excluding carboxylic acids is 1. The summed E-state index contributed by atoms with van der Waals surface area (Å²) < 4.78 is 9.40. The van der Waals surface area contributed by atoms with Crippen LogP contribution in [0.4, 0.5) is 0 Å². The molecule has 0 saturated heterocycles. The van der Waals surface area contributed by atoms with E-state index in [2.05, 4.69) is 9.91 Å². The largest absolute Gasteiger partial charge is 0.513 e. The maximum Gasteiger partial charge on any atom is 0.366 e. The standard InChI is InChI=1S/C7H11NO5/c1-7(2,12-3)13-6(10)5(4-9)8-11/h4,9H,1-3H3. The molecule has 0 aromatic heterocycles. The van der Waals surface area contributed by atoms with Gasteiger partial charge in [-0.1, -0.05) is 0 Å². The summed E-state index contributed by atoms with van der Waals surface area (Å²) in [6.07, 6.45) is 0.279. The van der Waals surface area contributed by atoms with Crippen LogP contribution in [0.1, 0.15) is 13.8 Å². The second-order valence-corrected chi connectivity index (χ2v) is 2.60. The number of hydrogen-bond acceptors (Lipinski definition) is 6. The highest BCUT2D eigenvalue weighted by molar-refractivity contribution is 5.87. The van der Waals surface area contributed by atoms with Gasteiger partial charge in [-0.15, -0.1) is 4.91 Å². The number of methoxy groups -OCH3 is 1. The van der Waals surface area contributed by atoms with E-state index in [-0.39, 0.29) is 6.26 Å². The minimum Gasteiger partial charge on any atom is -0.513 e. The fourth-order valence-electron chi connectivity index (χ4n) is 0.431. The molecule has 0 aromatic rings. The normalized spacial score (nSPS) is 12.4. The van der Waals surface area contributed by atoms with Crippen molar-refractivity contribution >= 4 is 5.97 Å². The van der Waals surface area contributed by atoms with Gasteiger partial charge in [-0.3, -0.25) is 0 Å².